The number of likely N-dealkylation sites (N-methyl/N-ethyl adjacent to an activating group) is 1. The lowest BCUT2D eigenvalue weighted by Gasteiger charge is -2.42. The third kappa shape index (κ3) is 7.49. The Kier molecular flexibility index (Phi) is 9.41. The maximum absolute atomic E-state index is 12.3. The van der Waals surface area contributed by atoms with Gasteiger partial charge in [0.2, 0.25) is 5.95 Å². The lowest BCUT2D eigenvalue weighted by atomic mass is 10.0. The number of benzene rings is 2. The van der Waals surface area contributed by atoms with Crippen molar-refractivity contribution in [3.63, 3.8) is 0 Å². The van der Waals surface area contributed by atoms with Crippen molar-refractivity contribution in [2.24, 2.45) is 0 Å². The Hall–Kier alpha value is -3.52. The summed E-state index contributed by atoms with van der Waals surface area (Å²) < 4.78 is 41.8. The summed E-state index contributed by atoms with van der Waals surface area (Å²) in [4.78, 5) is 16.4. The molecular weight excluding hydrogens is 618 g/mol. The summed E-state index contributed by atoms with van der Waals surface area (Å²) in [7, 11) is 0.451. The van der Waals surface area contributed by atoms with Crippen molar-refractivity contribution in [3.05, 3.63) is 47.1 Å². The van der Waals surface area contributed by atoms with E-state index in [1.165, 1.54) is 12.5 Å². The third-order valence-electron chi connectivity index (χ3n) is 8.53. The first-order valence-corrected chi connectivity index (χ1v) is 17.6. The van der Waals surface area contributed by atoms with Gasteiger partial charge in [0.1, 0.15) is 24.0 Å². The first kappa shape index (κ1) is 31.5. The molecule has 0 bridgehead atoms. The first-order chi connectivity index (χ1) is 21.7. The minimum atomic E-state index is -3.39. The van der Waals surface area contributed by atoms with Crippen LogP contribution in [0.5, 0.6) is 17.2 Å². The number of aromatic nitrogens is 2. The summed E-state index contributed by atoms with van der Waals surface area (Å²) >= 11 is 6.48. The largest absolute Gasteiger partial charge is 0.494 e. The van der Waals surface area contributed by atoms with E-state index in [1.54, 1.807) is 19.2 Å². The number of fused-ring (bicyclic) bond motifs is 1. The molecule has 3 aromatic rings. The average molecular weight is 658 g/mol. The van der Waals surface area contributed by atoms with E-state index in [0.29, 0.717) is 65.2 Å². The van der Waals surface area contributed by atoms with Crippen molar-refractivity contribution < 1.29 is 22.6 Å². The van der Waals surface area contributed by atoms with Crippen molar-refractivity contribution >= 4 is 50.3 Å². The molecule has 4 heterocycles. The number of methoxy groups -OCH3 is 1. The molecule has 0 saturated carbocycles. The number of nitrogens with one attached hydrogen (secondary N) is 2. The smallest absolute Gasteiger partial charge is 0.229 e. The Bertz CT molecular complexity index is 1630. The Morgan fingerprint density at radius 1 is 1.00 bits per heavy atom. The number of anilines is 5. The van der Waals surface area contributed by atoms with Crippen LogP contribution in [-0.4, -0.2) is 107 Å². The van der Waals surface area contributed by atoms with Crippen LogP contribution in [0.1, 0.15) is 18.4 Å². The number of piperazine rings is 1. The third-order valence-corrected chi connectivity index (χ3v) is 9.62. The fourth-order valence-corrected chi connectivity index (χ4v) is 7.06. The number of ether oxygens (including phenoxy) is 3. The summed E-state index contributed by atoms with van der Waals surface area (Å²) in [6.07, 6.45) is 4.96. The van der Waals surface area contributed by atoms with E-state index in [2.05, 4.69) is 48.4 Å². The molecule has 0 amide bonds. The molecule has 12 nitrogen and oxygen atoms in total. The van der Waals surface area contributed by atoms with E-state index >= 15 is 0 Å². The Morgan fingerprint density at radius 3 is 2.47 bits per heavy atom. The molecule has 2 fully saturated rings. The number of rotatable bonds is 9. The lowest BCUT2D eigenvalue weighted by Crippen LogP contribution is -2.52. The zero-order valence-electron chi connectivity index (χ0n) is 25.9. The van der Waals surface area contributed by atoms with Crippen LogP contribution in [0, 0.1) is 0 Å². The van der Waals surface area contributed by atoms with Crippen LogP contribution in [0.15, 0.2) is 36.5 Å². The average Bonchev–Trinajstić information content (AvgIpc) is 3.04. The van der Waals surface area contributed by atoms with Crippen molar-refractivity contribution in [2.45, 2.75) is 24.6 Å². The van der Waals surface area contributed by atoms with Crippen LogP contribution in [0.25, 0.3) is 0 Å². The number of nitrogens with zero attached hydrogens (tertiary/aromatic N) is 5. The second kappa shape index (κ2) is 13.5. The van der Waals surface area contributed by atoms with Gasteiger partial charge in [-0.2, -0.15) is 4.98 Å². The first-order valence-electron chi connectivity index (χ1n) is 15.2. The van der Waals surface area contributed by atoms with Crippen molar-refractivity contribution in [2.75, 3.05) is 88.4 Å². The van der Waals surface area contributed by atoms with Gasteiger partial charge >= 0.3 is 0 Å². The molecule has 242 valence electrons. The monoisotopic (exact) mass is 657 g/mol. The highest BCUT2D eigenvalue weighted by atomic mass is 35.5. The van der Waals surface area contributed by atoms with Crippen LogP contribution < -0.4 is 29.7 Å². The molecule has 14 heteroatoms. The second-order valence-corrected chi connectivity index (χ2v) is 14.3. The molecule has 0 aliphatic carbocycles. The highest BCUT2D eigenvalue weighted by molar-refractivity contribution is 7.89. The summed E-state index contributed by atoms with van der Waals surface area (Å²) in [6.45, 7) is 7.31. The normalized spacial score (nSPS) is 18.1. The maximum atomic E-state index is 12.3. The molecule has 3 aliphatic heterocycles. The van der Waals surface area contributed by atoms with Gasteiger partial charge in [-0.3, -0.25) is 4.90 Å². The van der Waals surface area contributed by atoms with E-state index < -0.39 is 9.84 Å². The highest BCUT2D eigenvalue weighted by Gasteiger charge is 2.27. The van der Waals surface area contributed by atoms with Crippen LogP contribution in [0.4, 0.5) is 28.8 Å². The molecule has 0 radical (unpaired) electrons. The highest BCUT2D eigenvalue weighted by Crippen LogP contribution is 2.41. The van der Waals surface area contributed by atoms with Gasteiger partial charge in [-0.05, 0) is 44.2 Å². The predicted octanol–water partition coefficient (Wildman–Crippen LogP) is 4.16. The summed E-state index contributed by atoms with van der Waals surface area (Å²) in [6, 6.07) is 10.2. The topological polar surface area (TPSA) is 121 Å². The van der Waals surface area contributed by atoms with Gasteiger partial charge in [0.05, 0.1) is 24.7 Å². The van der Waals surface area contributed by atoms with Crippen LogP contribution in [-0.2, 0) is 15.6 Å². The Balaban J connectivity index is 1.17. The number of piperidine rings is 1. The Morgan fingerprint density at radius 2 is 1.73 bits per heavy atom. The van der Waals surface area contributed by atoms with E-state index in [4.69, 9.17) is 25.8 Å². The minimum Gasteiger partial charge on any atom is -0.494 e. The van der Waals surface area contributed by atoms with Crippen molar-refractivity contribution in [3.8, 4) is 17.2 Å². The van der Waals surface area contributed by atoms with Crippen LogP contribution in [0.2, 0.25) is 5.02 Å². The standard InChI is InChI=1S/C31H40ClN7O5S/c1-37-12-14-39(15-13-37)21-8-10-38(11-9-21)22-4-5-26(28(18-22)42-2)35-31-33-19-24(32)30(36-31)34-25-6-7-27-29(44-17-16-43-27)23(25)20-45(3,40)41/h4-7,18-19,21H,8-17,20H2,1-3H3,(H2,33,34,35,36). The number of halogens is 1. The molecule has 0 unspecified atom stereocenters. The fourth-order valence-electron chi connectivity index (χ4n) is 6.12. The minimum absolute atomic E-state index is 0.243. The van der Waals surface area contributed by atoms with E-state index in [-0.39, 0.29) is 10.8 Å². The van der Waals surface area contributed by atoms with Gasteiger partial charge < -0.3 is 34.6 Å². The quantitative estimate of drug-likeness (QED) is 0.344. The lowest BCUT2D eigenvalue weighted by molar-refractivity contribution is 0.0982. The Labute approximate surface area is 269 Å². The molecule has 2 aromatic carbocycles. The van der Waals surface area contributed by atoms with Gasteiger partial charge in [0.25, 0.3) is 0 Å². The second-order valence-electron chi connectivity index (χ2n) is 11.8. The molecule has 2 N–H and O–H groups in total. The maximum Gasteiger partial charge on any atom is 0.229 e. The molecule has 2 saturated heterocycles. The van der Waals surface area contributed by atoms with Crippen LogP contribution >= 0.6 is 11.6 Å². The zero-order chi connectivity index (χ0) is 31.6. The number of hydrogen-bond donors (Lipinski definition) is 2. The van der Waals surface area contributed by atoms with E-state index in [0.717, 1.165) is 57.8 Å². The zero-order valence-corrected chi connectivity index (χ0v) is 27.5. The van der Waals surface area contributed by atoms with Gasteiger partial charge in [-0.15, -0.1) is 0 Å². The number of hydrogen-bond acceptors (Lipinski definition) is 12. The summed E-state index contributed by atoms with van der Waals surface area (Å²) in [5.41, 5.74) is 2.77. The number of sulfone groups is 1. The molecule has 6 rings (SSSR count). The van der Waals surface area contributed by atoms with Gasteiger partial charge in [0.15, 0.2) is 27.2 Å². The predicted molar refractivity (Wildman–Crippen MR) is 177 cm³/mol. The van der Waals surface area contributed by atoms with E-state index in [9.17, 15) is 8.42 Å². The van der Waals surface area contributed by atoms with E-state index in [1.807, 2.05) is 12.1 Å². The summed E-state index contributed by atoms with van der Waals surface area (Å²) in [5.74, 6) is 1.92. The van der Waals surface area contributed by atoms with Crippen molar-refractivity contribution in [1.29, 1.82) is 0 Å². The molecule has 0 spiro atoms. The van der Waals surface area contributed by atoms with Gasteiger partial charge in [0, 0.05) is 74.6 Å². The molecular formula is C31H40ClN7O5S. The molecule has 1 aromatic heterocycles. The van der Waals surface area contributed by atoms with Gasteiger partial charge in [-0.1, -0.05) is 11.6 Å². The molecule has 0 atom stereocenters. The molecule has 3 aliphatic rings. The van der Waals surface area contributed by atoms with Gasteiger partial charge in [-0.25, -0.2) is 13.4 Å². The SMILES string of the molecule is COc1cc(N2CCC(N3CCN(C)CC3)CC2)ccc1Nc1ncc(Cl)c(Nc2ccc3c(c2CS(C)(=O)=O)OCCO3)n1. The van der Waals surface area contributed by atoms with Crippen LogP contribution in [0.3, 0.4) is 0 Å². The van der Waals surface area contributed by atoms with Crippen molar-refractivity contribution in [1.82, 2.24) is 19.8 Å². The summed E-state index contributed by atoms with van der Waals surface area (Å²) in [5, 5.41) is 6.70. The molecule has 45 heavy (non-hydrogen) atoms. The fraction of sp³-hybridized carbons (Fsp3) is 0.484.